The quantitative estimate of drug-likeness (QED) is 0.177. The van der Waals surface area contributed by atoms with Gasteiger partial charge in [0.1, 0.15) is 22.3 Å². The van der Waals surface area contributed by atoms with E-state index in [0.717, 1.165) is 121 Å². The van der Waals surface area contributed by atoms with E-state index in [2.05, 4.69) is 111 Å². The summed E-state index contributed by atoms with van der Waals surface area (Å²) in [5.41, 5.74) is 13.1. The molecule has 0 aliphatic rings. The van der Waals surface area contributed by atoms with Gasteiger partial charge in [-0.1, -0.05) is 72.8 Å². The van der Waals surface area contributed by atoms with Crippen molar-refractivity contribution in [2.24, 2.45) is 0 Å². The fraction of sp³-hybridized carbons (Fsp3) is 0. The average Bonchev–Trinajstić information content (AvgIpc) is 4.09. The van der Waals surface area contributed by atoms with Crippen LogP contribution in [0.3, 0.4) is 0 Å². The van der Waals surface area contributed by atoms with Crippen molar-refractivity contribution in [2.75, 3.05) is 0 Å². The number of pyridine rings is 1. The number of nitrogens with zero attached hydrogens (tertiary/aromatic N) is 5. The van der Waals surface area contributed by atoms with Gasteiger partial charge in [-0.25, -0.2) is 0 Å². The molecule has 0 atom stereocenters. The molecule has 13 rings (SSSR count). The van der Waals surface area contributed by atoms with E-state index in [1.165, 1.54) is 0 Å². The molecule has 0 unspecified atom stereocenters. The second kappa shape index (κ2) is 12.8. The molecule has 62 heavy (non-hydrogen) atoms. The molecule has 0 bridgehead atoms. The van der Waals surface area contributed by atoms with Crippen molar-refractivity contribution in [3.05, 3.63) is 187 Å². The molecular weight excluding hydrogens is 763 g/mol. The summed E-state index contributed by atoms with van der Waals surface area (Å²) in [6, 6.07) is 60.4. The molecule has 0 saturated heterocycles. The Balaban J connectivity index is 1.20. The number of furan rings is 2. The molecule has 7 nitrogen and oxygen atoms in total. The summed E-state index contributed by atoms with van der Waals surface area (Å²) in [5, 5.41) is 29.6. The fourth-order valence-electron chi connectivity index (χ4n) is 9.88. The van der Waals surface area contributed by atoms with Crippen molar-refractivity contribution in [1.29, 1.82) is 10.5 Å². The third-order valence-electron chi connectivity index (χ3n) is 12.5. The summed E-state index contributed by atoms with van der Waals surface area (Å²) < 4.78 is 17.9. The minimum atomic E-state index is 0.482. The van der Waals surface area contributed by atoms with Crippen molar-refractivity contribution in [2.45, 2.75) is 0 Å². The number of hydrogen-bond acceptors (Lipinski definition) is 5. The van der Waals surface area contributed by atoms with E-state index < -0.39 is 0 Å². The van der Waals surface area contributed by atoms with E-state index in [0.29, 0.717) is 11.1 Å². The molecule has 13 aromatic rings. The van der Waals surface area contributed by atoms with E-state index in [1.807, 2.05) is 78.9 Å². The molecule has 0 N–H and O–H groups in total. The van der Waals surface area contributed by atoms with Crippen molar-refractivity contribution in [1.82, 2.24) is 14.1 Å². The highest BCUT2D eigenvalue weighted by Gasteiger charge is 2.27. The van der Waals surface area contributed by atoms with Crippen LogP contribution in [-0.4, -0.2) is 14.1 Å². The summed E-state index contributed by atoms with van der Waals surface area (Å²) in [4.78, 5) is 4.37. The zero-order chi connectivity index (χ0) is 41.1. The Morgan fingerprint density at radius 3 is 1.55 bits per heavy atom. The third-order valence-corrected chi connectivity index (χ3v) is 12.5. The summed E-state index contributed by atoms with van der Waals surface area (Å²) in [7, 11) is 0. The maximum Gasteiger partial charge on any atom is 0.145 e. The van der Waals surface area contributed by atoms with Crippen molar-refractivity contribution in [3.63, 3.8) is 0 Å². The molecule has 5 heterocycles. The molecule has 0 saturated carbocycles. The van der Waals surface area contributed by atoms with Crippen LogP contribution in [0.5, 0.6) is 0 Å². The lowest BCUT2D eigenvalue weighted by Gasteiger charge is -2.22. The van der Waals surface area contributed by atoms with Gasteiger partial charge in [0, 0.05) is 61.4 Å². The van der Waals surface area contributed by atoms with E-state index >= 15 is 0 Å². The minimum absolute atomic E-state index is 0.482. The normalized spacial score (nSPS) is 11.8. The standard InChI is InChI=1S/C55H29N5O2/c56-30-32-17-20-46(59-44-13-5-1-11-39(44)51-47(59)21-18-37-35-9-3-7-15-49(35)61-54(37)51)42(27-32)43-29-33(31-57)28-41(34-23-25-58-26-24-34)53(43)60-45-14-6-2-12-40(45)52-48(60)22-19-38-36-10-4-8-16-50(36)62-55(38)52/h1-29H. The zero-order valence-corrected chi connectivity index (χ0v) is 32.8. The highest BCUT2D eigenvalue weighted by Crippen LogP contribution is 2.48. The first-order chi connectivity index (χ1) is 30.7. The Morgan fingerprint density at radius 2 is 0.935 bits per heavy atom. The first kappa shape index (κ1) is 34.0. The second-order valence-electron chi connectivity index (χ2n) is 15.7. The van der Waals surface area contributed by atoms with Crippen molar-refractivity contribution >= 4 is 87.5 Å². The molecule has 0 fully saturated rings. The Morgan fingerprint density at radius 1 is 0.419 bits per heavy atom. The molecule has 0 aliphatic carbocycles. The second-order valence-corrected chi connectivity index (χ2v) is 15.7. The van der Waals surface area contributed by atoms with Crippen LogP contribution < -0.4 is 0 Å². The lowest BCUT2D eigenvalue weighted by atomic mass is 9.91. The minimum Gasteiger partial charge on any atom is -0.455 e. The zero-order valence-electron chi connectivity index (χ0n) is 32.8. The molecular formula is C55H29N5O2. The van der Waals surface area contributed by atoms with Crippen LogP contribution in [0.4, 0.5) is 0 Å². The van der Waals surface area contributed by atoms with Crippen LogP contribution in [0.25, 0.3) is 121 Å². The number of para-hydroxylation sites is 4. The van der Waals surface area contributed by atoms with Crippen LogP contribution in [0, 0.1) is 22.7 Å². The molecule has 5 aromatic heterocycles. The maximum absolute atomic E-state index is 10.8. The maximum atomic E-state index is 10.8. The van der Waals surface area contributed by atoms with Gasteiger partial charge in [-0.05, 0) is 96.6 Å². The highest BCUT2D eigenvalue weighted by atomic mass is 16.3. The van der Waals surface area contributed by atoms with Crippen LogP contribution in [0.2, 0.25) is 0 Å². The van der Waals surface area contributed by atoms with Crippen LogP contribution >= 0.6 is 0 Å². The van der Waals surface area contributed by atoms with E-state index in [9.17, 15) is 10.5 Å². The molecule has 0 aliphatic heterocycles. The lowest BCUT2D eigenvalue weighted by Crippen LogP contribution is -2.05. The monoisotopic (exact) mass is 791 g/mol. The topological polar surface area (TPSA) is 96.6 Å². The number of benzene rings is 8. The first-order valence-electron chi connectivity index (χ1n) is 20.4. The van der Waals surface area contributed by atoms with Crippen molar-refractivity contribution < 1.29 is 8.83 Å². The van der Waals surface area contributed by atoms with Gasteiger partial charge >= 0.3 is 0 Å². The Bertz CT molecular complexity index is 4130. The van der Waals surface area contributed by atoms with Gasteiger partial charge in [0.05, 0.1) is 67.5 Å². The summed E-state index contributed by atoms with van der Waals surface area (Å²) in [5.74, 6) is 0. The largest absolute Gasteiger partial charge is 0.455 e. The molecule has 7 heteroatoms. The number of aromatic nitrogens is 3. The Labute approximate surface area is 352 Å². The van der Waals surface area contributed by atoms with E-state index in [-0.39, 0.29) is 0 Å². The van der Waals surface area contributed by atoms with Crippen LogP contribution in [-0.2, 0) is 0 Å². The number of nitriles is 2. The molecule has 0 amide bonds. The summed E-state index contributed by atoms with van der Waals surface area (Å²) in [6.07, 6.45) is 3.56. The van der Waals surface area contributed by atoms with Crippen LogP contribution in [0.1, 0.15) is 11.1 Å². The Kier molecular flexibility index (Phi) is 7.02. The van der Waals surface area contributed by atoms with E-state index in [1.54, 1.807) is 12.4 Å². The van der Waals surface area contributed by atoms with Crippen molar-refractivity contribution in [3.8, 4) is 45.8 Å². The number of fused-ring (bicyclic) bond motifs is 14. The average molecular weight is 792 g/mol. The van der Waals surface area contributed by atoms with Gasteiger partial charge < -0.3 is 18.0 Å². The molecule has 8 aromatic carbocycles. The fourth-order valence-corrected chi connectivity index (χ4v) is 9.88. The predicted octanol–water partition coefficient (Wildman–Crippen LogP) is 14.2. The lowest BCUT2D eigenvalue weighted by molar-refractivity contribution is 0.672. The highest BCUT2D eigenvalue weighted by molar-refractivity contribution is 6.25. The Hall–Kier alpha value is -8.91. The van der Waals surface area contributed by atoms with Gasteiger partial charge in [0.15, 0.2) is 0 Å². The van der Waals surface area contributed by atoms with Gasteiger partial charge in [-0.3, -0.25) is 4.98 Å². The number of hydrogen-bond donors (Lipinski definition) is 0. The molecule has 286 valence electrons. The van der Waals surface area contributed by atoms with Gasteiger partial charge in [-0.15, -0.1) is 0 Å². The predicted molar refractivity (Wildman–Crippen MR) is 248 cm³/mol. The first-order valence-corrected chi connectivity index (χ1v) is 20.4. The van der Waals surface area contributed by atoms with Crippen LogP contribution in [0.15, 0.2) is 185 Å². The summed E-state index contributed by atoms with van der Waals surface area (Å²) >= 11 is 0. The number of rotatable bonds is 4. The molecule has 0 spiro atoms. The van der Waals surface area contributed by atoms with Gasteiger partial charge in [0.2, 0.25) is 0 Å². The molecule has 0 radical (unpaired) electrons. The summed E-state index contributed by atoms with van der Waals surface area (Å²) in [6.45, 7) is 0. The smallest absolute Gasteiger partial charge is 0.145 e. The van der Waals surface area contributed by atoms with Gasteiger partial charge in [0.25, 0.3) is 0 Å². The third kappa shape index (κ3) is 4.65. The SMILES string of the molecule is N#Cc1ccc(-n2c3ccccc3c3c4oc5ccccc5c4ccc32)c(-c2cc(C#N)cc(-c3ccncc3)c2-n2c3ccccc3c3c4oc5ccccc5c4ccc32)c1. The van der Waals surface area contributed by atoms with Gasteiger partial charge in [-0.2, -0.15) is 10.5 Å². The van der Waals surface area contributed by atoms with E-state index in [4.69, 9.17) is 8.83 Å².